The van der Waals surface area contributed by atoms with E-state index in [2.05, 4.69) is 29.5 Å². The van der Waals surface area contributed by atoms with E-state index >= 15 is 0 Å². The average Bonchev–Trinajstić information content (AvgIpc) is 2.69. The number of amides is 1. The molecule has 1 heterocycles. The highest BCUT2D eigenvalue weighted by molar-refractivity contribution is 14.0. The highest BCUT2D eigenvalue weighted by Crippen LogP contribution is 2.18. The Morgan fingerprint density at radius 3 is 2.63 bits per heavy atom. The highest BCUT2D eigenvalue weighted by atomic mass is 127. The van der Waals surface area contributed by atoms with Gasteiger partial charge in [-0.05, 0) is 63.9 Å². The molecule has 0 aliphatic carbocycles. The summed E-state index contributed by atoms with van der Waals surface area (Å²) in [6.07, 6.45) is 3.49. The molecule has 0 saturated carbocycles. The molecule has 2 rings (SSSR count). The van der Waals surface area contributed by atoms with Crippen LogP contribution in [0.25, 0.3) is 0 Å². The second-order valence-electron chi connectivity index (χ2n) is 7.92. The van der Waals surface area contributed by atoms with Gasteiger partial charge in [-0.3, -0.25) is 4.79 Å². The predicted molar refractivity (Wildman–Crippen MR) is 135 cm³/mol. The molecule has 1 aromatic carbocycles. The Hall–Kier alpha value is -1.39. The minimum absolute atomic E-state index is 0. The van der Waals surface area contributed by atoms with Crippen LogP contribution in [-0.2, 0) is 16.1 Å². The summed E-state index contributed by atoms with van der Waals surface area (Å²) in [6, 6.07) is 7.89. The molecule has 1 fully saturated rings. The van der Waals surface area contributed by atoms with Crippen molar-refractivity contribution in [2.75, 3.05) is 59.3 Å². The molecule has 1 aliphatic heterocycles. The van der Waals surface area contributed by atoms with Crippen LogP contribution in [0.3, 0.4) is 0 Å². The first-order valence-corrected chi connectivity index (χ1v) is 10.6. The molecule has 1 amide bonds. The van der Waals surface area contributed by atoms with Gasteiger partial charge in [0, 0.05) is 39.0 Å². The summed E-state index contributed by atoms with van der Waals surface area (Å²) >= 11 is 0. The van der Waals surface area contributed by atoms with Crippen molar-refractivity contribution >= 4 is 41.5 Å². The number of nitrogens with one attached hydrogen (secondary N) is 2. The van der Waals surface area contributed by atoms with Gasteiger partial charge in [0.25, 0.3) is 0 Å². The maximum Gasteiger partial charge on any atom is 0.238 e. The van der Waals surface area contributed by atoms with Crippen molar-refractivity contribution in [2.45, 2.75) is 32.7 Å². The first-order valence-electron chi connectivity index (χ1n) is 10.6. The van der Waals surface area contributed by atoms with Crippen LogP contribution >= 0.6 is 24.0 Å². The van der Waals surface area contributed by atoms with Crippen LogP contribution in [0.4, 0.5) is 5.69 Å². The molecule has 0 spiro atoms. The second-order valence-corrected chi connectivity index (χ2v) is 7.92. The second kappa shape index (κ2) is 14.6. The SMILES string of the molecule is CCNC(=NCc1cccc(NC(=O)CN(C)C)c1)N(C)CCC1CCOCC1.I. The van der Waals surface area contributed by atoms with Crippen molar-refractivity contribution < 1.29 is 9.53 Å². The first kappa shape index (κ1) is 26.6. The van der Waals surface area contributed by atoms with Crippen molar-refractivity contribution in [1.29, 1.82) is 0 Å². The van der Waals surface area contributed by atoms with Crippen LogP contribution in [0.15, 0.2) is 29.3 Å². The van der Waals surface area contributed by atoms with Gasteiger partial charge in [-0.15, -0.1) is 24.0 Å². The minimum atomic E-state index is -0.0168. The number of hydrogen-bond acceptors (Lipinski definition) is 4. The van der Waals surface area contributed by atoms with Gasteiger partial charge in [0.05, 0.1) is 13.1 Å². The smallest absolute Gasteiger partial charge is 0.238 e. The van der Waals surface area contributed by atoms with Crippen molar-refractivity contribution in [3.63, 3.8) is 0 Å². The lowest BCUT2D eigenvalue weighted by atomic mass is 9.96. The molecule has 1 saturated heterocycles. The number of nitrogens with zero attached hydrogens (tertiary/aromatic N) is 3. The van der Waals surface area contributed by atoms with Crippen LogP contribution < -0.4 is 10.6 Å². The molecule has 0 bridgehead atoms. The fourth-order valence-corrected chi connectivity index (χ4v) is 3.39. The zero-order valence-corrected chi connectivity index (χ0v) is 21.1. The number of halogens is 1. The number of aliphatic imine (C=N–C) groups is 1. The number of benzene rings is 1. The van der Waals surface area contributed by atoms with Gasteiger partial charge >= 0.3 is 0 Å². The standard InChI is InChI=1S/C22H37N5O2.HI/c1-5-23-22(27(4)12-9-18-10-13-29-14-11-18)24-16-19-7-6-8-20(15-19)25-21(28)17-26(2)3;/h6-8,15,18H,5,9-14,16-17H2,1-4H3,(H,23,24)(H,25,28);1H. The van der Waals surface area contributed by atoms with E-state index in [-0.39, 0.29) is 29.9 Å². The van der Waals surface area contributed by atoms with Gasteiger partial charge in [-0.1, -0.05) is 12.1 Å². The number of ether oxygens (including phenoxy) is 1. The van der Waals surface area contributed by atoms with E-state index in [0.717, 1.165) is 68.7 Å². The lowest BCUT2D eigenvalue weighted by molar-refractivity contribution is -0.116. The Morgan fingerprint density at radius 1 is 1.23 bits per heavy atom. The maximum atomic E-state index is 12.0. The molecule has 8 heteroatoms. The largest absolute Gasteiger partial charge is 0.381 e. The normalized spacial score (nSPS) is 14.9. The molecule has 2 N–H and O–H groups in total. The molecule has 7 nitrogen and oxygen atoms in total. The van der Waals surface area contributed by atoms with Crippen LogP contribution in [-0.4, -0.2) is 75.7 Å². The third-order valence-electron chi connectivity index (χ3n) is 4.99. The van der Waals surface area contributed by atoms with E-state index in [1.807, 2.05) is 43.3 Å². The van der Waals surface area contributed by atoms with E-state index < -0.39 is 0 Å². The van der Waals surface area contributed by atoms with Crippen LogP contribution in [0.5, 0.6) is 0 Å². The average molecular weight is 531 g/mol. The van der Waals surface area contributed by atoms with Gasteiger partial charge in [0.15, 0.2) is 5.96 Å². The lowest BCUT2D eigenvalue weighted by Gasteiger charge is -2.26. The Morgan fingerprint density at radius 2 is 1.97 bits per heavy atom. The Kier molecular flexibility index (Phi) is 13.0. The van der Waals surface area contributed by atoms with Crippen molar-refractivity contribution in [3.05, 3.63) is 29.8 Å². The summed E-state index contributed by atoms with van der Waals surface area (Å²) in [7, 11) is 5.86. The summed E-state index contributed by atoms with van der Waals surface area (Å²) in [5.41, 5.74) is 1.88. The van der Waals surface area contributed by atoms with Gasteiger partial charge in [0.2, 0.25) is 5.91 Å². The third-order valence-corrected chi connectivity index (χ3v) is 4.99. The Balaban J connectivity index is 0.00000450. The summed E-state index contributed by atoms with van der Waals surface area (Å²) in [5, 5.41) is 6.33. The van der Waals surface area contributed by atoms with E-state index in [4.69, 9.17) is 9.73 Å². The molecule has 1 aromatic rings. The van der Waals surface area contributed by atoms with Crippen molar-refractivity contribution in [3.8, 4) is 0 Å². The molecule has 0 unspecified atom stereocenters. The quantitative estimate of drug-likeness (QED) is 0.292. The van der Waals surface area contributed by atoms with E-state index in [1.54, 1.807) is 0 Å². The first-order chi connectivity index (χ1) is 14.0. The molecular formula is C22H38IN5O2. The zero-order valence-electron chi connectivity index (χ0n) is 18.8. The third kappa shape index (κ3) is 10.1. The molecule has 30 heavy (non-hydrogen) atoms. The topological polar surface area (TPSA) is 69.2 Å². The Labute approximate surface area is 198 Å². The van der Waals surface area contributed by atoms with E-state index in [1.165, 1.54) is 0 Å². The van der Waals surface area contributed by atoms with E-state index in [0.29, 0.717) is 13.1 Å². The molecule has 0 atom stereocenters. The number of hydrogen-bond donors (Lipinski definition) is 2. The molecular weight excluding hydrogens is 493 g/mol. The molecule has 1 aliphatic rings. The number of anilines is 1. The van der Waals surface area contributed by atoms with Gasteiger partial charge in [0.1, 0.15) is 0 Å². The van der Waals surface area contributed by atoms with E-state index in [9.17, 15) is 4.79 Å². The summed E-state index contributed by atoms with van der Waals surface area (Å²) in [6.45, 7) is 6.63. The number of likely N-dealkylation sites (N-methyl/N-ethyl adjacent to an activating group) is 1. The fraction of sp³-hybridized carbons (Fsp3) is 0.636. The lowest BCUT2D eigenvalue weighted by Crippen LogP contribution is -2.40. The van der Waals surface area contributed by atoms with Crippen LogP contribution in [0.1, 0.15) is 31.7 Å². The summed E-state index contributed by atoms with van der Waals surface area (Å²) in [5.74, 6) is 1.65. The minimum Gasteiger partial charge on any atom is -0.381 e. The Bertz CT molecular complexity index is 663. The van der Waals surface area contributed by atoms with Crippen LogP contribution in [0.2, 0.25) is 0 Å². The van der Waals surface area contributed by atoms with Gasteiger partial charge in [-0.2, -0.15) is 0 Å². The zero-order chi connectivity index (χ0) is 21.1. The monoisotopic (exact) mass is 531 g/mol. The van der Waals surface area contributed by atoms with Crippen molar-refractivity contribution in [1.82, 2.24) is 15.1 Å². The predicted octanol–water partition coefficient (Wildman–Crippen LogP) is 3.02. The highest BCUT2D eigenvalue weighted by Gasteiger charge is 2.15. The number of guanidine groups is 1. The van der Waals surface area contributed by atoms with Gasteiger partial charge in [-0.25, -0.2) is 4.99 Å². The summed E-state index contributed by atoms with van der Waals surface area (Å²) < 4.78 is 5.45. The molecule has 170 valence electrons. The number of carbonyl (C=O) groups excluding carboxylic acids is 1. The number of carbonyl (C=O) groups is 1. The molecule has 0 aromatic heterocycles. The molecule has 0 radical (unpaired) electrons. The maximum absolute atomic E-state index is 12.0. The fourth-order valence-electron chi connectivity index (χ4n) is 3.39. The van der Waals surface area contributed by atoms with Crippen molar-refractivity contribution in [2.24, 2.45) is 10.9 Å². The van der Waals surface area contributed by atoms with Crippen LogP contribution in [0, 0.1) is 5.92 Å². The number of rotatable bonds is 9. The van der Waals surface area contributed by atoms with Gasteiger partial charge < -0.3 is 25.2 Å². The summed E-state index contributed by atoms with van der Waals surface area (Å²) in [4.78, 5) is 20.8.